The van der Waals surface area contributed by atoms with Gasteiger partial charge in [-0.25, -0.2) is 15.0 Å². The van der Waals surface area contributed by atoms with Crippen molar-refractivity contribution in [1.29, 1.82) is 0 Å². The number of benzene rings is 1. The average Bonchev–Trinajstić information content (AvgIpc) is 2.67. The van der Waals surface area contributed by atoms with Gasteiger partial charge in [0.15, 0.2) is 5.15 Å². The summed E-state index contributed by atoms with van der Waals surface area (Å²) in [6.07, 6.45) is 2.56. The number of nitrogens with one attached hydrogen (secondary N) is 3. The Kier molecular flexibility index (Phi) is 5.82. The molecule has 10 nitrogen and oxygen atoms in total. The van der Waals surface area contributed by atoms with Crippen LogP contribution in [0.25, 0.3) is 0 Å². The first-order chi connectivity index (χ1) is 13.5. The summed E-state index contributed by atoms with van der Waals surface area (Å²) in [4.78, 5) is 34.6. The van der Waals surface area contributed by atoms with E-state index in [1.165, 1.54) is 18.3 Å². The van der Waals surface area contributed by atoms with Crippen LogP contribution in [0.2, 0.25) is 10.2 Å². The van der Waals surface area contributed by atoms with Gasteiger partial charge in [0.25, 0.3) is 5.91 Å². The maximum atomic E-state index is 12.2. The molecule has 0 unspecified atom stereocenters. The van der Waals surface area contributed by atoms with E-state index in [1.807, 2.05) is 0 Å². The van der Waals surface area contributed by atoms with Gasteiger partial charge in [-0.05, 0) is 30.3 Å². The predicted octanol–water partition coefficient (Wildman–Crippen LogP) is 3.59. The summed E-state index contributed by atoms with van der Waals surface area (Å²) in [5.74, 6) is -0.910. The Hall–Kier alpha value is -3.50. The van der Waals surface area contributed by atoms with E-state index in [2.05, 4.69) is 31.1 Å². The molecule has 0 atom stereocenters. The SMILES string of the molecule is O=C(NNc1ncnc(Nc2cccnc2Cl)c1[N+](=O)[O-])c1cccc(Cl)c1. The number of halogens is 2. The summed E-state index contributed by atoms with van der Waals surface area (Å²) in [6, 6.07) is 9.38. The van der Waals surface area contributed by atoms with Crippen LogP contribution in [0.4, 0.5) is 23.0 Å². The lowest BCUT2D eigenvalue weighted by molar-refractivity contribution is -0.383. The molecule has 0 fully saturated rings. The number of amides is 1. The topological polar surface area (TPSA) is 135 Å². The summed E-state index contributed by atoms with van der Waals surface area (Å²) in [6.45, 7) is 0. The summed E-state index contributed by atoms with van der Waals surface area (Å²) < 4.78 is 0. The van der Waals surface area contributed by atoms with E-state index in [-0.39, 0.29) is 22.4 Å². The normalized spacial score (nSPS) is 10.2. The first-order valence-corrected chi connectivity index (χ1v) is 8.40. The Morgan fingerprint density at radius 2 is 1.86 bits per heavy atom. The third kappa shape index (κ3) is 4.42. The molecule has 1 aromatic carbocycles. The quantitative estimate of drug-likeness (QED) is 0.313. The predicted molar refractivity (Wildman–Crippen MR) is 104 cm³/mol. The highest BCUT2D eigenvalue weighted by molar-refractivity contribution is 6.32. The van der Waals surface area contributed by atoms with Crippen LogP contribution in [0.5, 0.6) is 0 Å². The minimum atomic E-state index is -0.694. The van der Waals surface area contributed by atoms with Gasteiger partial charge in [0.05, 0.1) is 10.6 Å². The number of carbonyl (C=O) groups excluding carboxylic acids is 1. The molecule has 1 amide bonds. The van der Waals surface area contributed by atoms with Crippen LogP contribution in [0.15, 0.2) is 48.9 Å². The van der Waals surface area contributed by atoms with Crippen LogP contribution in [-0.4, -0.2) is 25.8 Å². The number of hydrazine groups is 1. The number of rotatable bonds is 6. The van der Waals surface area contributed by atoms with E-state index in [4.69, 9.17) is 23.2 Å². The van der Waals surface area contributed by atoms with E-state index < -0.39 is 16.5 Å². The third-order valence-electron chi connectivity index (χ3n) is 3.40. The molecule has 3 aromatic rings. The van der Waals surface area contributed by atoms with Gasteiger partial charge >= 0.3 is 5.69 Å². The molecule has 0 aliphatic carbocycles. The molecular weight excluding hydrogens is 409 g/mol. The van der Waals surface area contributed by atoms with Crippen molar-refractivity contribution in [3.05, 3.63) is 74.8 Å². The summed E-state index contributed by atoms with van der Waals surface area (Å²) in [7, 11) is 0. The van der Waals surface area contributed by atoms with Gasteiger partial charge in [0, 0.05) is 16.8 Å². The van der Waals surface area contributed by atoms with Gasteiger partial charge in [-0.15, -0.1) is 0 Å². The van der Waals surface area contributed by atoms with Crippen molar-refractivity contribution in [2.24, 2.45) is 0 Å². The maximum absolute atomic E-state index is 12.2. The molecule has 28 heavy (non-hydrogen) atoms. The zero-order valence-electron chi connectivity index (χ0n) is 13.9. The molecule has 0 spiro atoms. The van der Waals surface area contributed by atoms with E-state index in [0.29, 0.717) is 10.7 Å². The van der Waals surface area contributed by atoms with Crippen molar-refractivity contribution in [2.45, 2.75) is 0 Å². The minimum Gasteiger partial charge on any atom is -0.332 e. The standard InChI is InChI=1S/C16H11Cl2N7O3/c17-10-4-1-3-9(7-10)16(26)24-23-15-12(25(27)28)14(20-8-21-15)22-11-5-2-6-19-13(11)18/h1-8H,(H,24,26)(H2,20,21,22,23). The monoisotopic (exact) mass is 419 g/mol. The van der Waals surface area contributed by atoms with Crippen molar-refractivity contribution in [2.75, 3.05) is 10.7 Å². The zero-order chi connectivity index (χ0) is 20.1. The van der Waals surface area contributed by atoms with Crippen LogP contribution >= 0.6 is 23.2 Å². The molecule has 142 valence electrons. The van der Waals surface area contributed by atoms with Crippen LogP contribution in [0.1, 0.15) is 10.4 Å². The second-order valence-electron chi connectivity index (χ2n) is 5.23. The highest BCUT2D eigenvalue weighted by atomic mass is 35.5. The van der Waals surface area contributed by atoms with Gasteiger partial charge in [-0.3, -0.25) is 25.8 Å². The van der Waals surface area contributed by atoms with Gasteiger partial charge in [-0.1, -0.05) is 29.3 Å². The Labute approximate surface area is 168 Å². The molecule has 0 saturated heterocycles. The molecule has 0 aliphatic heterocycles. The first-order valence-electron chi connectivity index (χ1n) is 7.64. The fourth-order valence-corrected chi connectivity index (χ4v) is 2.52. The van der Waals surface area contributed by atoms with E-state index in [1.54, 1.807) is 24.3 Å². The largest absolute Gasteiger partial charge is 0.355 e. The van der Waals surface area contributed by atoms with Gasteiger partial charge in [0.1, 0.15) is 6.33 Å². The van der Waals surface area contributed by atoms with Crippen LogP contribution in [0, 0.1) is 10.1 Å². The first kappa shape index (κ1) is 19.3. The lowest BCUT2D eigenvalue weighted by Gasteiger charge is -2.11. The van der Waals surface area contributed by atoms with E-state index in [9.17, 15) is 14.9 Å². The summed E-state index contributed by atoms with van der Waals surface area (Å²) >= 11 is 11.8. The van der Waals surface area contributed by atoms with Gasteiger partial charge in [0.2, 0.25) is 11.6 Å². The number of nitro groups is 1. The molecule has 0 saturated carbocycles. The third-order valence-corrected chi connectivity index (χ3v) is 3.93. The van der Waals surface area contributed by atoms with E-state index >= 15 is 0 Å². The van der Waals surface area contributed by atoms with Gasteiger partial charge < -0.3 is 5.32 Å². The Balaban J connectivity index is 1.84. The van der Waals surface area contributed by atoms with Crippen molar-refractivity contribution in [1.82, 2.24) is 20.4 Å². The lowest BCUT2D eigenvalue weighted by Crippen LogP contribution is -2.30. The van der Waals surface area contributed by atoms with Crippen molar-refractivity contribution in [3.8, 4) is 0 Å². The lowest BCUT2D eigenvalue weighted by atomic mass is 10.2. The number of pyridine rings is 1. The fourth-order valence-electron chi connectivity index (χ4n) is 2.16. The molecule has 2 aromatic heterocycles. The van der Waals surface area contributed by atoms with E-state index in [0.717, 1.165) is 6.33 Å². The highest BCUT2D eigenvalue weighted by Crippen LogP contribution is 2.32. The van der Waals surface area contributed by atoms with Crippen LogP contribution in [-0.2, 0) is 0 Å². The molecule has 0 aliphatic rings. The van der Waals surface area contributed by atoms with Crippen molar-refractivity contribution in [3.63, 3.8) is 0 Å². The Morgan fingerprint density at radius 1 is 1.07 bits per heavy atom. The number of hydrogen-bond acceptors (Lipinski definition) is 8. The zero-order valence-corrected chi connectivity index (χ0v) is 15.4. The fraction of sp³-hybridized carbons (Fsp3) is 0. The molecule has 2 heterocycles. The number of nitrogens with zero attached hydrogens (tertiary/aromatic N) is 4. The van der Waals surface area contributed by atoms with Crippen LogP contribution in [0.3, 0.4) is 0 Å². The molecule has 12 heteroatoms. The molecule has 0 bridgehead atoms. The smallest absolute Gasteiger partial charge is 0.332 e. The molecule has 0 radical (unpaired) electrons. The highest BCUT2D eigenvalue weighted by Gasteiger charge is 2.24. The minimum absolute atomic E-state index is 0.110. The molecular formula is C16H11Cl2N7O3. The number of hydrogen-bond donors (Lipinski definition) is 3. The molecule has 3 rings (SSSR count). The number of anilines is 3. The summed E-state index contributed by atoms with van der Waals surface area (Å²) in [5, 5.41) is 14.8. The number of carbonyl (C=O) groups is 1. The second kappa shape index (κ2) is 8.46. The Bertz CT molecular complexity index is 1050. The number of aromatic nitrogens is 3. The van der Waals surface area contributed by atoms with Crippen molar-refractivity contribution < 1.29 is 9.72 Å². The van der Waals surface area contributed by atoms with Gasteiger partial charge in [-0.2, -0.15) is 0 Å². The second-order valence-corrected chi connectivity index (χ2v) is 6.03. The Morgan fingerprint density at radius 3 is 2.57 bits per heavy atom. The molecule has 3 N–H and O–H groups in total. The summed E-state index contributed by atoms with van der Waals surface area (Å²) in [5.41, 5.74) is 4.85. The maximum Gasteiger partial charge on any atom is 0.355 e. The average molecular weight is 420 g/mol. The van der Waals surface area contributed by atoms with Crippen molar-refractivity contribution >= 4 is 52.1 Å². The van der Waals surface area contributed by atoms with Crippen LogP contribution < -0.4 is 16.2 Å².